The minimum Gasteiger partial charge on any atom is -0.497 e. The highest BCUT2D eigenvalue weighted by molar-refractivity contribution is 9.11. The van der Waals surface area contributed by atoms with Crippen LogP contribution >= 0.6 is 31.9 Å². The number of nitrogens with zero attached hydrogens (tertiary/aromatic N) is 3. The molecule has 0 radical (unpaired) electrons. The second-order valence-electron chi connectivity index (χ2n) is 7.55. The van der Waals surface area contributed by atoms with Gasteiger partial charge in [0.1, 0.15) is 5.75 Å². The van der Waals surface area contributed by atoms with Gasteiger partial charge in [-0.1, -0.05) is 28.1 Å². The molecule has 2 atom stereocenters. The summed E-state index contributed by atoms with van der Waals surface area (Å²) in [6.45, 7) is 0.353. The number of benzene rings is 2. The number of carboxylic acid groups (broad SMARTS) is 1. The van der Waals surface area contributed by atoms with E-state index in [2.05, 4.69) is 42.8 Å². The average Bonchev–Trinajstić information content (AvgIpc) is 3.15. The van der Waals surface area contributed by atoms with E-state index in [-0.39, 0.29) is 24.5 Å². The van der Waals surface area contributed by atoms with Crippen LogP contribution in [0.1, 0.15) is 12.0 Å². The van der Waals surface area contributed by atoms with E-state index in [4.69, 9.17) is 4.74 Å². The molecule has 0 unspecified atom stereocenters. The average molecular weight is 602 g/mol. The lowest BCUT2D eigenvalue weighted by atomic mass is 10.1. The standard InChI is InChI=1S/C21H22Br2N4O5S/c1-32-18-5-2-14(3-6-18)10-26(21(28)29)12-17-9-16(11-27(17)13-24)25-33(30,31)20-8-15(22)4-7-19(20)23/h2-8,16-17,25H,9-12H2,1H3,(H,28,29)/t16-,17-/m1/s1. The van der Waals surface area contributed by atoms with Crippen LogP contribution in [-0.2, 0) is 16.6 Å². The van der Waals surface area contributed by atoms with Crippen LogP contribution in [0.3, 0.4) is 0 Å². The zero-order valence-electron chi connectivity index (χ0n) is 17.6. The zero-order valence-corrected chi connectivity index (χ0v) is 21.6. The van der Waals surface area contributed by atoms with Crippen molar-refractivity contribution in [3.05, 3.63) is 57.0 Å². The maximum atomic E-state index is 12.9. The van der Waals surface area contributed by atoms with E-state index < -0.39 is 28.2 Å². The van der Waals surface area contributed by atoms with Crippen molar-refractivity contribution in [2.75, 3.05) is 20.2 Å². The van der Waals surface area contributed by atoms with Gasteiger partial charge in [-0.15, -0.1) is 0 Å². The Morgan fingerprint density at radius 1 is 1.30 bits per heavy atom. The summed E-state index contributed by atoms with van der Waals surface area (Å²) in [7, 11) is -2.31. The Labute approximate surface area is 209 Å². The Morgan fingerprint density at radius 3 is 2.61 bits per heavy atom. The maximum absolute atomic E-state index is 12.9. The van der Waals surface area contributed by atoms with E-state index in [1.807, 2.05) is 0 Å². The molecule has 0 spiro atoms. The highest BCUT2D eigenvalue weighted by Gasteiger charge is 2.36. The molecule has 1 heterocycles. The first-order chi connectivity index (χ1) is 15.6. The fraction of sp³-hybridized carbons (Fsp3) is 0.333. The number of nitriles is 1. The molecular formula is C21H22Br2N4O5S. The lowest BCUT2D eigenvalue weighted by Gasteiger charge is -2.26. The molecule has 2 aromatic rings. The zero-order chi connectivity index (χ0) is 24.2. The minimum absolute atomic E-state index is 0.0632. The molecule has 2 N–H and O–H groups in total. The van der Waals surface area contributed by atoms with Crippen molar-refractivity contribution in [3.8, 4) is 11.9 Å². The third-order valence-corrected chi connectivity index (χ3v) is 8.29. The van der Waals surface area contributed by atoms with Gasteiger partial charge in [0, 0.05) is 34.6 Å². The number of methoxy groups -OCH3 is 1. The third-order valence-electron chi connectivity index (χ3n) is 5.28. The van der Waals surface area contributed by atoms with Crippen LogP contribution in [0.15, 0.2) is 56.3 Å². The summed E-state index contributed by atoms with van der Waals surface area (Å²) in [6.07, 6.45) is 1.24. The van der Waals surface area contributed by atoms with Gasteiger partial charge in [-0.3, -0.25) is 0 Å². The molecule has 33 heavy (non-hydrogen) atoms. The molecule has 1 fully saturated rings. The summed E-state index contributed by atoms with van der Waals surface area (Å²) in [5.41, 5.74) is 0.775. The van der Waals surface area contributed by atoms with E-state index in [1.165, 1.54) is 15.9 Å². The quantitative estimate of drug-likeness (QED) is 0.443. The molecule has 2 aromatic carbocycles. The van der Waals surface area contributed by atoms with E-state index in [9.17, 15) is 23.6 Å². The number of likely N-dealkylation sites (tertiary alicyclic amines) is 1. The van der Waals surface area contributed by atoms with Gasteiger partial charge in [-0.05, 0) is 58.2 Å². The van der Waals surface area contributed by atoms with Crippen LogP contribution in [0.4, 0.5) is 4.79 Å². The molecule has 0 saturated carbocycles. The molecule has 1 aliphatic rings. The maximum Gasteiger partial charge on any atom is 0.407 e. The highest BCUT2D eigenvalue weighted by atomic mass is 79.9. The molecule has 3 rings (SSSR count). The molecule has 0 bridgehead atoms. The molecule has 9 nitrogen and oxygen atoms in total. The van der Waals surface area contributed by atoms with E-state index in [0.717, 1.165) is 5.56 Å². The number of hydrogen-bond donors (Lipinski definition) is 2. The number of nitrogens with one attached hydrogen (secondary N) is 1. The molecule has 176 valence electrons. The SMILES string of the molecule is COc1ccc(CN(C[C@H]2C[C@@H](NS(=O)(=O)c3cc(Br)ccc3Br)CN2C#N)C(=O)O)cc1. The van der Waals surface area contributed by atoms with Gasteiger partial charge in [0.05, 0.1) is 18.0 Å². The van der Waals surface area contributed by atoms with Crippen molar-refractivity contribution < 1.29 is 23.1 Å². The topological polar surface area (TPSA) is 123 Å². The predicted octanol–water partition coefficient (Wildman–Crippen LogP) is 3.60. The summed E-state index contributed by atoms with van der Waals surface area (Å²) in [4.78, 5) is 14.6. The molecule has 0 aliphatic carbocycles. The highest BCUT2D eigenvalue weighted by Crippen LogP contribution is 2.27. The third kappa shape index (κ3) is 6.38. The Hall–Kier alpha value is -2.33. The molecule has 1 saturated heterocycles. The minimum atomic E-state index is -3.86. The number of sulfonamides is 1. The molecular weight excluding hydrogens is 580 g/mol. The van der Waals surface area contributed by atoms with Crippen LogP contribution in [0, 0.1) is 11.5 Å². The van der Waals surface area contributed by atoms with Crippen LogP contribution in [0.5, 0.6) is 5.75 Å². The lowest BCUT2D eigenvalue weighted by Crippen LogP contribution is -2.40. The van der Waals surface area contributed by atoms with Crippen molar-refractivity contribution in [2.45, 2.75) is 29.9 Å². The fourth-order valence-corrected chi connectivity index (χ4v) is 6.42. The van der Waals surface area contributed by atoms with Crippen LogP contribution in [-0.4, -0.2) is 61.7 Å². The first kappa shape index (κ1) is 25.3. The van der Waals surface area contributed by atoms with E-state index in [0.29, 0.717) is 21.1 Å². The molecule has 1 aliphatic heterocycles. The van der Waals surface area contributed by atoms with Gasteiger partial charge in [0.25, 0.3) is 0 Å². The van der Waals surface area contributed by atoms with Gasteiger partial charge in [0.2, 0.25) is 10.0 Å². The van der Waals surface area contributed by atoms with Gasteiger partial charge in [0.15, 0.2) is 6.19 Å². The summed E-state index contributed by atoms with van der Waals surface area (Å²) >= 11 is 6.53. The second kappa shape index (κ2) is 10.7. The van der Waals surface area contributed by atoms with Gasteiger partial charge < -0.3 is 19.6 Å². The number of halogens is 2. The predicted molar refractivity (Wildman–Crippen MR) is 128 cm³/mol. The normalized spacial score (nSPS) is 18.1. The molecule has 0 aromatic heterocycles. The Bertz CT molecular complexity index is 1150. The summed E-state index contributed by atoms with van der Waals surface area (Å²) in [6, 6.07) is 10.9. The largest absolute Gasteiger partial charge is 0.497 e. The van der Waals surface area contributed by atoms with Gasteiger partial charge in [-0.2, -0.15) is 5.26 Å². The van der Waals surface area contributed by atoms with Gasteiger partial charge >= 0.3 is 6.09 Å². The van der Waals surface area contributed by atoms with Crippen molar-refractivity contribution in [1.82, 2.24) is 14.5 Å². The summed E-state index contributed by atoms with van der Waals surface area (Å²) < 4.78 is 34.6. The van der Waals surface area contributed by atoms with Crippen LogP contribution < -0.4 is 9.46 Å². The van der Waals surface area contributed by atoms with E-state index >= 15 is 0 Å². The van der Waals surface area contributed by atoms with Gasteiger partial charge in [-0.25, -0.2) is 17.9 Å². The van der Waals surface area contributed by atoms with Crippen molar-refractivity contribution >= 4 is 48.0 Å². The smallest absolute Gasteiger partial charge is 0.407 e. The Balaban J connectivity index is 1.71. The molecule has 1 amide bonds. The van der Waals surface area contributed by atoms with Crippen molar-refractivity contribution in [3.63, 3.8) is 0 Å². The van der Waals surface area contributed by atoms with Crippen LogP contribution in [0.2, 0.25) is 0 Å². The first-order valence-corrected chi connectivity index (χ1v) is 12.9. The number of carbonyl (C=O) groups is 1. The van der Waals surface area contributed by atoms with E-state index in [1.54, 1.807) is 43.5 Å². The van der Waals surface area contributed by atoms with Crippen LogP contribution in [0.25, 0.3) is 0 Å². The number of hydrogen-bond acceptors (Lipinski definition) is 6. The number of ether oxygens (including phenoxy) is 1. The Morgan fingerprint density at radius 2 is 2.00 bits per heavy atom. The van der Waals surface area contributed by atoms with Crippen molar-refractivity contribution in [1.29, 1.82) is 5.26 Å². The molecule has 12 heteroatoms. The summed E-state index contributed by atoms with van der Waals surface area (Å²) in [5.74, 6) is 0.666. The fourth-order valence-electron chi connectivity index (χ4n) is 3.68. The number of amides is 1. The second-order valence-corrected chi connectivity index (χ2v) is 11.0. The first-order valence-electron chi connectivity index (χ1n) is 9.87. The van der Waals surface area contributed by atoms with Crippen molar-refractivity contribution in [2.24, 2.45) is 0 Å². The Kier molecular flexibility index (Phi) is 8.23. The monoisotopic (exact) mass is 600 g/mol. The number of rotatable bonds is 8. The summed E-state index contributed by atoms with van der Waals surface area (Å²) in [5, 5.41) is 19.2. The lowest BCUT2D eigenvalue weighted by molar-refractivity contribution is 0.130.